The molecule has 6 nitrogen and oxygen atoms in total. The summed E-state index contributed by atoms with van der Waals surface area (Å²) in [7, 11) is 0. The number of halogens is 2. The number of hydrogen-bond acceptors (Lipinski definition) is 4. The fourth-order valence-electron chi connectivity index (χ4n) is 3.93. The molecule has 0 saturated carbocycles. The number of benzene rings is 1. The summed E-state index contributed by atoms with van der Waals surface area (Å²) in [6, 6.07) is 7.19. The summed E-state index contributed by atoms with van der Waals surface area (Å²) < 4.78 is 35.2. The maximum atomic E-state index is 14.0. The molecule has 1 aromatic carbocycles. The molecular weight excluding hydrogens is 414 g/mol. The van der Waals surface area contributed by atoms with Crippen molar-refractivity contribution in [1.82, 2.24) is 14.9 Å². The molecule has 3 rings (SSSR count). The first-order chi connectivity index (χ1) is 15.0. The molecule has 0 saturated heterocycles. The number of nitrogens with one attached hydrogen (secondary N) is 1. The normalized spacial score (nSPS) is 13.4. The second-order valence-corrected chi connectivity index (χ2v) is 9.05. The number of nitrogens with zero attached hydrogens (tertiary/aromatic N) is 2. The maximum Gasteiger partial charge on any atom is 0.255 e. The Morgan fingerprint density at radius 2 is 1.91 bits per heavy atom. The molecule has 0 radical (unpaired) electrons. The highest BCUT2D eigenvalue weighted by Crippen LogP contribution is 2.25. The van der Waals surface area contributed by atoms with Crippen LogP contribution in [0.2, 0.25) is 0 Å². The summed E-state index contributed by atoms with van der Waals surface area (Å²) in [5, 5.41) is 7.36. The van der Waals surface area contributed by atoms with E-state index in [1.807, 2.05) is 19.9 Å². The van der Waals surface area contributed by atoms with Gasteiger partial charge in [-0.05, 0) is 56.9 Å². The number of aryl methyl sites for hydroxylation is 2. The molecule has 172 valence electrons. The molecule has 3 aromatic rings. The van der Waals surface area contributed by atoms with Gasteiger partial charge in [0.25, 0.3) is 5.91 Å². The van der Waals surface area contributed by atoms with Crippen molar-refractivity contribution in [2.75, 3.05) is 6.54 Å². The number of amides is 1. The Kier molecular flexibility index (Phi) is 6.83. The largest absolute Gasteiger partial charge is 0.473 e. The molecule has 8 heteroatoms. The van der Waals surface area contributed by atoms with Gasteiger partial charge in [-0.2, -0.15) is 9.61 Å². The van der Waals surface area contributed by atoms with Crippen LogP contribution < -0.4 is 15.8 Å². The molecule has 2 aromatic heterocycles. The van der Waals surface area contributed by atoms with E-state index >= 15 is 0 Å². The molecule has 1 amide bonds. The van der Waals surface area contributed by atoms with E-state index in [1.54, 1.807) is 13.0 Å². The number of aromatic nitrogens is 2. The summed E-state index contributed by atoms with van der Waals surface area (Å²) in [5.74, 6) is -0.959. The highest BCUT2D eigenvalue weighted by atomic mass is 19.1. The van der Waals surface area contributed by atoms with Gasteiger partial charge in [-0.1, -0.05) is 19.9 Å². The summed E-state index contributed by atoms with van der Waals surface area (Å²) in [4.78, 5) is 13.0. The Bertz CT molecular complexity index is 1120. The average molecular weight is 445 g/mol. The van der Waals surface area contributed by atoms with Gasteiger partial charge in [0.2, 0.25) is 5.88 Å². The Morgan fingerprint density at radius 3 is 2.53 bits per heavy atom. The molecule has 0 spiro atoms. The molecule has 1 unspecified atom stereocenters. The molecular formula is C24H30F2N4O2. The molecule has 3 N–H and O–H groups in total. The maximum absolute atomic E-state index is 14.0. The summed E-state index contributed by atoms with van der Waals surface area (Å²) in [6.45, 7) is 9.67. The molecule has 1 atom stereocenters. The van der Waals surface area contributed by atoms with Crippen LogP contribution in [0.5, 0.6) is 5.88 Å². The second kappa shape index (κ2) is 9.24. The first-order valence-corrected chi connectivity index (χ1v) is 10.6. The highest BCUT2D eigenvalue weighted by molar-refractivity contribution is 6.02. The van der Waals surface area contributed by atoms with E-state index in [-0.39, 0.29) is 24.0 Å². The fourth-order valence-corrected chi connectivity index (χ4v) is 3.93. The van der Waals surface area contributed by atoms with Gasteiger partial charge in [0.1, 0.15) is 18.2 Å². The number of pyridine rings is 1. The Hall–Kier alpha value is -3.00. The van der Waals surface area contributed by atoms with Crippen molar-refractivity contribution in [2.24, 2.45) is 11.7 Å². The smallest absolute Gasteiger partial charge is 0.255 e. The third kappa shape index (κ3) is 5.24. The highest BCUT2D eigenvalue weighted by Gasteiger charge is 2.24. The zero-order valence-corrected chi connectivity index (χ0v) is 19.1. The topological polar surface area (TPSA) is 81.7 Å². The van der Waals surface area contributed by atoms with E-state index < -0.39 is 17.2 Å². The van der Waals surface area contributed by atoms with Crippen molar-refractivity contribution in [1.29, 1.82) is 0 Å². The number of rotatable bonds is 8. The van der Waals surface area contributed by atoms with Crippen molar-refractivity contribution in [2.45, 2.75) is 53.2 Å². The van der Waals surface area contributed by atoms with Gasteiger partial charge >= 0.3 is 0 Å². The van der Waals surface area contributed by atoms with E-state index in [0.29, 0.717) is 29.2 Å². The predicted octanol–water partition coefficient (Wildman–Crippen LogP) is 4.30. The summed E-state index contributed by atoms with van der Waals surface area (Å²) >= 11 is 0. The van der Waals surface area contributed by atoms with Gasteiger partial charge in [-0.25, -0.2) is 8.78 Å². The van der Waals surface area contributed by atoms with E-state index in [0.717, 1.165) is 12.0 Å². The monoisotopic (exact) mass is 444 g/mol. The van der Waals surface area contributed by atoms with Crippen molar-refractivity contribution in [3.63, 3.8) is 0 Å². The van der Waals surface area contributed by atoms with Crippen LogP contribution in [0.25, 0.3) is 5.52 Å². The quantitative estimate of drug-likeness (QED) is 0.543. The van der Waals surface area contributed by atoms with Gasteiger partial charge in [0, 0.05) is 18.2 Å². The van der Waals surface area contributed by atoms with Crippen molar-refractivity contribution >= 4 is 11.4 Å². The van der Waals surface area contributed by atoms with Gasteiger partial charge in [0.05, 0.1) is 22.3 Å². The number of ether oxygens (including phenoxy) is 1. The second-order valence-electron chi connectivity index (χ2n) is 9.05. The number of nitrogens with two attached hydrogens (primary N) is 1. The minimum absolute atomic E-state index is 0.170. The molecule has 2 heterocycles. The van der Waals surface area contributed by atoms with E-state index in [2.05, 4.69) is 24.3 Å². The summed E-state index contributed by atoms with van der Waals surface area (Å²) in [5.41, 5.74) is 7.91. The van der Waals surface area contributed by atoms with Crippen LogP contribution >= 0.6 is 0 Å². The average Bonchev–Trinajstić information content (AvgIpc) is 3.00. The van der Waals surface area contributed by atoms with Crippen molar-refractivity contribution < 1.29 is 18.3 Å². The lowest BCUT2D eigenvalue weighted by molar-refractivity contribution is 0.0943. The first-order valence-electron chi connectivity index (χ1n) is 10.6. The van der Waals surface area contributed by atoms with E-state index in [4.69, 9.17) is 10.5 Å². The van der Waals surface area contributed by atoms with Crippen LogP contribution in [-0.2, 0) is 6.61 Å². The third-order valence-electron chi connectivity index (χ3n) is 5.20. The minimum atomic E-state index is -0.683. The molecule has 0 aliphatic carbocycles. The van der Waals surface area contributed by atoms with Crippen LogP contribution in [-0.4, -0.2) is 27.6 Å². The van der Waals surface area contributed by atoms with Gasteiger partial charge < -0.3 is 15.8 Å². The Balaban J connectivity index is 1.88. The van der Waals surface area contributed by atoms with Crippen molar-refractivity contribution in [3.8, 4) is 5.88 Å². The zero-order chi connectivity index (χ0) is 23.6. The lowest BCUT2D eigenvalue weighted by Gasteiger charge is -2.26. The lowest BCUT2D eigenvalue weighted by atomic mass is 9.92. The number of carbonyl (C=O) groups is 1. The Morgan fingerprint density at radius 1 is 1.25 bits per heavy atom. The zero-order valence-electron chi connectivity index (χ0n) is 19.1. The van der Waals surface area contributed by atoms with Gasteiger partial charge in [0.15, 0.2) is 0 Å². The van der Waals surface area contributed by atoms with Crippen LogP contribution in [0, 0.1) is 31.4 Å². The fraction of sp³-hybridized carbons (Fsp3) is 0.417. The predicted molar refractivity (Wildman–Crippen MR) is 120 cm³/mol. The van der Waals surface area contributed by atoms with Crippen LogP contribution in [0.4, 0.5) is 8.78 Å². The van der Waals surface area contributed by atoms with E-state index in [1.165, 1.54) is 22.7 Å². The minimum Gasteiger partial charge on any atom is -0.473 e. The van der Waals surface area contributed by atoms with Crippen LogP contribution in [0.15, 0.2) is 30.3 Å². The summed E-state index contributed by atoms with van der Waals surface area (Å²) in [6.07, 6.45) is 0.769. The van der Waals surface area contributed by atoms with Gasteiger partial charge in [-0.15, -0.1) is 0 Å². The molecule has 32 heavy (non-hydrogen) atoms. The SMILES string of the molecule is Cc1cc(OCc2c(F)cccc2F)n2nc(C)c(C(=O)NCC(C)(N)CC(C)C)c2c1. The Labute approximate surface area is 186 Å². The molecule has 0 aliphatic rings. The van der Waals surface area contributed by atoms with Crippen molar-refractivity contribution in [3.05, 3.63) is 64.4 Å². The van der Waals surface area contributed by atoms with E-state index in [9.17, 15) is 13.6 Å². The number of hydrogen-bond donors (Lipinski definition) is 2. The standard InChI is InChI=1S/C24H30F2N4O2/c1-14(2)11-24(5,27)13-28-23(31)22-16(4)29-30-20(22)9-15(3)10-21(30)32-12-17-18(25)7-6-8-19(17)26/h6-10,14H,11-13,27H2,1-5H3,(H,28,31). The van der Waals surface area contributed by atoms with Gasteiger partial charge in [-0.3, -0.25) is 4.79 Å². The lowest BCUT2D eigenvalue weighted by Crippen LogP contribution is -2.48. The molecule has 0 bridgehead atoms. The third-order valence-corrected chi connectivity index (χ3v) is 5.20. The van der Waals surface area contributed by atoms with Crippen LogP contribution in [0.3, 0.4) is 0 Å². The molecule has 0 aliphatic heterocycles. The van der Waals surface area contributed by atoms with Crippen LogP contribution in [0.1, 0.15) is 54.4 Å². The molecule has 0 fully saturated rings. The first kappa shape index (κ1) is 23.7. The number of fused-ring (bicyclic) bond motifs is 1. The number of carbonyl (C=O) groups excluding carboxylic acids is 1.